The quantitative estimate of drug-likeness (QED) is 0.440. The first-order chi connectivity index (χ1) is 14.5. The lowest BCUT2D eigenvalue weighted by molar-refractivity contribution is -0.137. The van der Waals surface area contributed by atoms with Crippen molar-refractivity contribution in [1.29, 1.82) is 0 Å². The topological polar surface area (TPSA) is 63.8 Å². The molecule has 0 bridgehead atoms. The summed E-state index contributed by atoms with van der Waals surface area (Å²) in [5, 5.41) is 8.38. The maximum Gasteiger partial charge on any atom is 0.416 e. The van der Waals surface area contributed by atoms with Crippen molar-refractivity contribution in [2.24, 2.45) is 0 Å². The van der Waals surface area contributed by atoms with Crippen molar-refractivity contribution in [3.05, 3.63) is 58.4 Å². The van der Waals surface area contributed by atoms with E-state index in [1.54, 1.807) is 23.7 Å². The zero-order valence-corrected chi connectivity index (χ0v) is 16.6. The molecule has 0 atom stereocenters. The fraction of sp³-hybridized carbons (Fsp3) is 0.286. The van der Waals surface area contributed by atoms with Crippen LogP contribution < -0.4 is 5.32 Å². The van der Waals surface area contributed by atoms with Crippen molar-refractivity contribution >= 4 is 27.4 Å². The molecular formula is C21H17F3N4OS. The molecule has 0 fully saturated rings. The molecule has 3 heterocycles. The molecule has 4 aromatic rings. The van der Waals surface area contributed by atoms with Crippen molar-refractivity contribution in [1.82, 2.24) is 15.1 Å². The van der Waals surface area contributed by atoms with Gasteiger partial charge < -0.3 is 9.84 Å². The second-order valence-electron chi connectivity index (χ2n) is 7.22. The molecule has 0 spiro atoms. The third kappa shape index (κ3) is 3.54. The van der Waals surface area contributed by atoms with Gasteiger partial charge in [-0.1, -0.05) is 17.3 Å². The van der Waals surface area contributed by atoms with E-state index in [0.29, 0.717) is 23.6 Å². The SMILES string of the molecule is FC(F)(F)c1ccc(-c2cc(CNc3ncnc4sc5c(c34)CCCC5)on2)cc1. The van der Waals surface area contributed by atoms with Crippen molar-refractivity contribution < 1.29 is 17.7 Å². The van der Waals surface area contributed by atoms with Crippen LogP contribution in [-0.4, -0.2) is 15.1 Å². The number of rotatable bonds is 4. The maximum absolute atomic E-state index is 12.7. The summed E-state index contributed by atoms with van der Waals surface area (Å²) in [7, 11) is 0. The number of nitrogens with zero attached hydrogens (tertiary/aromatic N) is 3. The minimum Gasteiger partial charge on any atom is -0.362 e. The van der Waals surface area contributed by atoms with Crippen LogP contribution in [0.3, 0.4) is 0 Å². The van der Waals surface area contributed by atoms with Crippen molar-refractivity contribution in [2.45, 2.75) is 38.4 Å². The highest BCUT2D eigenvalue weighted by Crippen LogP contribution is 2.38. The van der Waals surface area contributed by atoms with E-state index in [2.05, 4.69) is 20.4 Å². The molecule has 154 valence electrons. The van der Waals surface area contributed by atoms with Gasteiger partial charge in [0.15, 0.2) is 5.76 Å². The Labute approximate surface area is 174 Å². The minimum absolute atomic E-state index is 0.365. The van der Waals surface area contributed by atoms with Crippen molar-refractivity contribution in [3.8, 4) is 11.3 Å². The Morgan fingerprint density at radius 1 is 1.07 bits per heavy atom. The number of hydrogen-bond acceptors (Lipinski definition) is 6. The first-order valence-electron chi connectivity index (χ1n) is 9.61. The summed E-state index contributed by atoms with van der Waals surface area (Å²) in [6, 6.07) is 6.59. The summed E-state index contributed by atoms with van der Waals surface area (Å²) in [4.78, 5) is 11.2. The Kier molecular flexibility index (Phi) is 4.69. The fourth-order valence-corrected chi connectivity index (χ4v) is 4.99. The van der Waals surface area contributed by atoms with E-state index < -0.39 is 11.7 Å². The lowest BCUT2D eigenvalue weighted by atomic mass is 9.97. The molecule has 0 aliphatic heterocycles. The second kappa shape index (κ2) is 7.39. The Morgan fingerprint density at radius 3 is 2.67 bits per heavy atom. The standard InChI is InChI=1S/C21H17F3N4OS/c22-21(23,24)13-7-5-12(6-8-13)16-9-14(29-28-16)10-25-19-18-15-3-1-2-4-17(15)30-20(18)27-11-26-19/h5-9,11H,1-4,10H2,(H,25,26,27). The van der Waals surface area contributed by atoms with Crippen LogP contribution in [0, 0.1) is 0 Å². The molecule has 9 heteroatoms. The van der Waals surface area contributed by atoms with Crippen LogP contribution in [0.1, 0.15) is 34.6 Å². The highest BCUT2D eigenvalue weighted by molar-refractivity contribution is 7.19. The van der Waals surface area contributed by atoms with E-state index in [-0.39, 0.29) is 0 Å². The first kappa shape index (κ1) is 19.0. The van der Waals surface area contributed by atoms with Crippen LogP contribution in [0.4, 0.5) is 19.0 Å². The van der Waals surface area contributed by atoms with Gasteiger partial charge in [-0.2, -0.15) is 13.2 Å². The predicted octanol–water partition coefficient (Wildman–Crippen LogP) is 5.86. The van der Waals surface area contributed by atoms with E-state index in [4.69, 9.17) is 4.52 Å². The number of hydrogen-bond donors (Lipinski definition) is 1. The zero-order valence-electron chi connectivity index (χ0n) is 15.8. The molecular weight excluding hydrogens is 413 g/mol. The van der Waals surface area contributed by atoms with Crippen LogP contribution in [0.25, 0.3) is 21.5 Å². The number of aromatic nitrogens is 3. The van der Waals surface area contributed by atoms with Gasteiger partial charge in [-0.3, -0.25) is 0 Å². The Hall–Kier alpha value is -2.94. The molecule has 0 saturated heterocycles. The Bertz CT molecular complexity index is 1200. The van der Waals surface area contributed by atoms with Gasteiger partial charge in [0.05, 0.1) is 17.5 Å². The smallest absolute Gasteiger partial charge is 0.362 e. The van der Waals surface area contributed by atoms with Crippen molar-refractivity contribution in [2.75, 3.05) is 5.32 Å². The average molecular weight is 430 g/mol. The van der Waals surface area contributed by atoms with Crippen molar-refractivity contribution in [3.63, 3.8) is 0 Å². The Morgan fingerprint density at radius 2 is 1.87 bits per heavy atom. The van der Waals surface area contributed by atoms with Gasteiger partial charge in [0.2, 0.25) is 0 Å². The number of fused-ring (bicyclic) bond motifs is 3. The van der Waals surface area contributed by atoms with Gasteiger partial charge in [-0.25, -0.2) is 9.97 Å². The average Bonchev–Trinajstić information content (AvgIpc) is 3.36. The largest absolute Gasteiger partial charge is 0.416 e. The second-order valence-corrected chi connectivity index (χ2v) is 8.30. The van der Waals surface area contributed by atoms with Crippen LogP contribution in [-0.2, 0) is 25.6 Å². The molecule has 0 amide bonds. The third-order valence-corrected chi connectivity index (χ3v) is 6.45. The summed E-state index contributed by atoms with van der Waals surface area (Å²) in [6.07, 6.45) is 1.71. The molecule has 0 unspecified atom stereocenters. The fourth-order valence-electron chi connectivity index (χ4n) is 3.76. The van der Waals surface area contributed by atoms with E-state index in [1.807, 2.05) is 0 Å². The molecule has 3 aromatic heterocycles. The summed E-state index contributed by atoms with van der Waals surface area (Å²) >= 11 is 1.73. The summed E-state index contributed by atoms with van der Waals surface area (Å²) in [5.41, 5.74) is 1.70. The van der Waals surface area contributed by atoms with Gasteiger partial charge in [0, 0.05) is 16.5 Å². The molecule has 1 aromatic carbocycles. The molecule has 30 heavy (non-hydrogen) atoms. The highest BCUT2D eigenvalue weighted by Gasteiger charge is 2.30. The Balaban J connectivity index is 1.35. The summed E-state index contributed by atoms with van der Waals surface area (Å²) in [5.74, 6) is 1.34. The van der Waals surface area contributed by atoms with Crippen LogP contribution in [0.15, 0.2) is 41.2 Å². The molecule has 5 nitrogen and oxygen atoms in total. The van der Waals surface area contributed by atoms with Crippen LogP contribution in [0.5, 0.6) is 0 Å². The number of benzene rings is 1. The van der Waals surface area contributed by atoms with E-state index in [9.17, 15) is 13.2 Å². The zero-order chi connectivity index (χ0) is 20.7. The van der Waals surface area contributed by atoms with Gasteiger partial charge in [-0.15, -0.1) is 11.3 Å². The summed E-state index contributed by atoms with van der Waals surface area (Å²) < 4.78 is 43.6. The minimum atomic E-state index is -4.36. The number of anilines is 1. The monoisotopic (exact) mass is 430 g/mol. The lowest BCUT2D eigenvalue weighted by Crippen LogP contribution is -2.04. The van der Waals surface area contributed by atoms with Gasteiger partial charge >= 0.3 is 6.18 Å². The van der Waals surface area contributed by atoms with Gasteiger partial charge in [0.1, 0.15) is 22.7 Å². The molecule has 5 rings (SSSR count). The molecule has 1 aliphatic rings. The van der Waals surface area contributed by atoms with E-state index >= 15 is 0 Å². The normalized spacial score (nSPS) is 14.1. The molecule has 1 aliphatic carbocycles. The maximum atomic E-state index is 12.7. The lowest BCUT2D eigenvalue weighted by Gasteiger charge is -2.11. The molecule has 0 radical (unpaired) electrons. The number of alkyl halides is 3. The van der Waals surface area contributed by atoms with Crippen LogP contribution >= 0.6 is 11.3 Å². The highest BCUT2D eigenvalue weighted by atomic mass is 32.1. The molecule has 0 saturated carbocycles. The molecule has 1 N–H and O–H groups in total. The number of nitrogens with one attached hydrogen (secondary N) is 1. The number of aryl methyl sites for hydroxylation is 2. The number of thiophene rings is 1. The summed E-state index contributed by atoms with van der Waals surface area (Å²) in [6.45, 7) is 0.365. The van der Waals surface area contributed by atoms with E-state index in [0.717, 1.165) is 41.0 Å². The van der Waals surface area contributed by atoms with Crippen LogP contribution in [0.2, 0.25) is 0 Å². The first-order valence-corrected chi connectivity index (χ1v) is 10.4. The van der Waals surface area contributed by atoms with E-state index in [1.165, 1.54) is 35.4 Å². The number of halogens is 3. The predicted molar refractivity (Wildman–Crippen MR) is 108 cm³/mol. The third-order valence-electron chi connectivity index (χ3n) is 5.25. The van der Waals surface area contributed by atoms with Gasteiger partial charge in [-0.05, 0) is 43.4 Å². The van der Waals surface area contributed by atoms with Gasteiger partial charge in [0.25, 0.3) is 0 Å².